The van der Waals surface area contributed by atoms with Gasteiger partial charge in [0.2, 0.25) is 0 Å². The molecule has 102 valence electrons. The molecule has 0 radical (unpaired) electrons. The van der Waals surface area contributed by atoms with Crippen molar-refractivity contribution < 1.29 is 4.74 Å². The summed E-state index contributed by atoms with van der Waals surface area (Å²) in [6.07, 6.45) is 4.30. The van der Waals surface area contributed by atoms with E-state index in [1.807, 2.05) is 18.2 Å². The van der Waals surface area contributed by atoms with Gasteiger partial charge >= 0.3 is 0 Å². The molecule has 1 heterocycles. The van der Waals surface area contributed by atoms with Crippen LogP contribution in [-0.2, 0) is 13.1 Å². The average molecular weight is 258 g/mol. The summed E-state index contributed by atoms with van der Waals surface area (Å²) in [5.41, 5.74) is 2.50. The van der Waals surface area contributed by atoms with Gasteiger partial charge in [0.1, 0.15) is 5.75 Å². The zero-order valence-corrected chi connectivity index (χ0v) is 11.9. The van der Waals surface area contributed by atoms with Gasteiger partial charge in [-0.15, -0.1) is 0 Å². The van der Waals surface area contributed by atoms with Crippen LogP contribution in [0.25, 0.3) is 0 Å². The molecule has 3 nitrogen and oxygen atoms in total. The molecule has 0 aliphatic carbocycles. The molecule has 0 amide bonds. The van der Waals surface area contributed by atoms with E-state index in [1.165, 1.54) is 11.1 Å². The molecule has 19 heavy (non-hydrogen) atoms. The van der Waals surface area contributed by atoms with Crippen LogP contribution in [0.5, 0.6) is 5.75 Å². The van der Waals surface area contributed by atoms with Crippen LogP contribution < -0.4 is 10.1 Å². The summed E-state index contributed by atoms with van der Waals surface area (Å²) in [6.45, 7) is 6.19. The topological polar surface area (TPSA) is 26.2 Å². The number of rotatable bonds is 6. The van der Waals surface area contributed by atoms with Crippen LogP contribution in [0, 0.1) is 0 Å². The summed E-state index contributed by atoms with van der Waals surface area (Å²) < 4.78 is 7.58. The zero-order valence-electron chi connectivity index (χ0n) is 11.9. The lowest BCUT2D eigenvalue weighted by molar-refractivity contribution is 0.401. The van der Waals surface area contributed by atoms with Gasteiger partial charge in [-0.1, -0.05) is 18.2 Å². The molecule has 1 aromatic heterocycles. The SMILES string of the molecule is CCn1ccc(CNC(C)c2ccccc2OC)c1. The number of hydrogen-bond donors (Lipinski definition) is 1. The molecule has 0 saturated heterocycles. The summed E-state index contributed by atoms with van der Waals surface area (Å²) in [5.74, 6) is 0.939. The first-order chi connectivity index (χ1) is 9.24. The maximum absolute atomic E-state index is 5.40. The van der Waals surface area contributed by atoms with E-state index >= 15 is 0 Å². The largest absolute Gasteiger partial charge is 0.496 e. The van der Waals surface area contributed by atoms with Crippen molar-refractivity contribution in [2.75, 3.05) is 7.11 Å². The Kier molecular flexibility index (Phi) is 4.63. The number of hydrogen-bond acceptors (Lipinski definition) is 2. The number of para-hydroxylation sites is 1. The molecular weight excluding hydrogens is 236 g/mol. The van der Waals surface area contributed by atoms with Gasteiger partial charge in [-0.25, -0.2) is 0 Å². The summed E-state index contributed by atoms with van der Waals surface area (Å²) >= 11 is 0. The lowest BCUT2D eigenvalue weighted by Gasteiger charge is -2.16. The Balaban J connectivity index is 1.98. The minimum Gasteiger partial charge on any atom is -0.496 e. The molecule has 1 N–H and O–H groups in total. The molecule has 0 spiro atoms. The van der Waals surface area contributed by atoms with Crippen molar-refractivity contribution in [3.63, 3.8) is 0 Å². The molecule has 0 aliphatic heterocycles. The summed E-state index contributed by atoms with van der Waals surface area (Å²) in [6, 6.07) is 10.6. The number of benzene rings is 1. The highest BCUT2D eigenvalue weighted by Crippen LogP contribution is 2.24. The van der Waals surface area contributed by atoms with E-state index in [2.05, 4.69) is 48.3 Å². The molecular formula is C16H22N2O. The van der Waals surface area contributed by atoms with Crippen molar-refractivity contribution in [2.45, 2.75) is 33.0 Å². The van der Waals surface area contributed by atoms with Crippen LogP contribution in [0.1, 0.15) is 31.0 Å². The molecule has 1 unspecified atom stereocenters. The second-order valence-corrected chi connectivity index (χ2v) is 4.69. The maximum atomic E-state index is 5.40. The lowest BCUT2D eigenvalue weighted by atomic mass is 10.1. The average Bonchev–Trinajstić information content (AvgIpc) is 2.92. The predicted octanol–water partition coefficient (Wildman–Crippen LogP) is 3.37. The van der Waals surface area contributed by atoms with Gasteiger partial charge in [-0.05, 0) is 31.5 Å². The van der Waals surface area contributed by atoms with Crippen molar-refractivity contribution in [2.24, 2.45) is 0 Å². The second-order valence-electron chi connectivity index (χ2n) is 4.69. The monoisotopic (exact) mass is 258 g/mol. The van der Waals surface area contributed by atoms with Gasteiger partial charge < -0.3 is 14.6 Å². The van der Waals surface area contributed by atoms with Crippen LogP contribution >= 0.6 is 0 Å². The summed E-state index contributed by atoms with van der Waals surface area (Å²) in [5, 5.41) is 3.53. The third-order valence-corrected chi connectivity index (χ3v) is 3.39. The molecule has 0 bridgehead atoms. The van der Waals surface area contributed by atoms with Crippen LogP contribution in [0.4, 0.5) is 0 Å². The Morgan fingerprint density at radius 2 is 2.05 bits per heavy atom. The van der Waals surface area contributed by atoms with Crippen LogP contribution in [0.15, 0.2) is 42.7 Å². The van der Waals surface area contributed by atoms with E-state index in [1.54, 1.807) is 7.11 Å². The quantitative estimate of drug-likeness (QED) is 0.859. The Hall–Kier alpha value is -1.74. The van der Waals surface area contributed by atoms with Crippen LogP contribution in [-0.4, -0.2) is 11.7 Å². The number of nitrogens with one attached hydrogen (secondary N) is 1. The van der Waals surface area contributed by atoms with Crippen molar-refractivity contribution in [1.29, 1.82) is 0 Å². The smallest absolute Gasteiger partial charge is 0.123 e. The molecule has 1 aromatic carbocycles. The second kappa shape index (κ2) is 6.43. The minimum atomic E-state index is 0.265. The first-order valence-electron chi connectivity index (χ1n) is 6.75. The summed E-state index contributed by atoms with van der Waals surface area (Å²) in [4.78, 5) is 0. The van der Waals surface area contributed by atoms with Gasteiger partial charge in [0, 0.05) is 37.1 Å². The normalized spacial score (nSPS) is 12.4. The zero-order chi connectivity index (χ0) is 13.7. The molecule has 3 heteroatoms. The third kappa shape index (κ3) is 3.38. The van der Waals surface area contributed by atoms with E-state index in [0.29, 0.717) is 0 Å². The molecule has 1 atom stereocenters. The molecule has 0 aliphatic rings. The van der Waals surface area contributed by atoms with Gasteiger partial charge in [0.15, 0.2) is 0 Å². The molecule has 0 saturated carbocycles. The van der Waals surface area contributed by atoms with E-state index < -0.39 is 0 Å². The van der Waals surface area contributed by atoms with Crippen molar-refractivity contribution in [1.82, 2.24) is 9.88 Å². The van der Waals surface area contributed by atoms with E-state index in [0.717, 1.165) is 18.8 Å². The number of ether oxygens (including phenoxy) is 1. The summed E-state index contributed by atoms with van der Waals surface area (Å²) in [7, 11) is 1.72. The van der Waals surface area contributed by atoms with Crippen molar-refractivity contribution in [3.05, 3.63) is 53.9 Å². The fourth-order valence-electron chi connectivity index (χ4n) is 2.20. The highest BCUT2D eigenvalue weighted by Gasteiger charge is 2.10. The van der Waals surface area contributed by atoms with Gasteiger partial charge in [0.05, 0.1) is 7.11 Å². The Labute approximate surface area is 115 Å². The van der Waals surface area contributed by atoms with Gasteiger partial charge in [-0.2, -0.15) is 0 Å². The first-order valence-corrected chi connectivity index (χ1v) is 6.75. The van der Waals surface area contributed by atoms with Crippen LogP contribution in [0.3, 0.4) is 0 Å². The fraction of sp³-hybridized carbons (Fsp3) is 0.375. The van der Waals surface area contributed by atoms with Crippen LogP contribution in [0.2, 0.25) is 0 Å². The maximum Gasteiger partial charge on any atom is 0.123 e. The molecule has 0 fully saturated rings. The molecule has 2 rings (SSSR count). The Morgan fingerprint density at radius 3 is 2.74 bits per heavy atom. The Morgan fingerprint density at radius 1 is 1.26 bits per heavy atom. The van der Waals surface area contributed by atoms with Gasteiger partial charge in [-0.3, -0.25) is 0 Å². The number of methoxy groups -OCH3 is 1. The first kappa shape index (κ1) is 13.7. The third-order valence-electron chi connectivity index (χ3n) is 3.39. The lowest BCUT2D eigenvalue weighted by Crippen LogP contribution is -2.18. The molecule has 2 aromatic rings. The van der Waals surface area contributed by atoms with Gasteiger partial charge in [0.25, 0.3) is 0 Å². The van der Waals surface area contributed by atoms with E-state index in [9.17, 15) is 0 Å². The van der Waals surface area contributed by atoms with E-state index in [-0.39, 0.29) is 6.04 Å². The highest BCUT2D eigenvalue weighted by molar-refractivity contribution is 5.35. The van der Waals surface area contributed by atoms with Crippen molar-refractivity contribution in [3.8, 4) is 5.75 Å². The highest BCUT2D eigenvalue weighted by atomic mass is 16.5. The number of nitrogens with zero attached hydrogens (tertiary/aromatic N) is 1. The minimum absolute atomic E-state index is 0.265. The number of aromatic nitrogens is 1. The Bertz CT molecular complexity index is 519. The predicted molar refractivity (Wildman–Crippen MR) is 78.4 cm³/mol. The fourth-order valence-corrected chi connectivity index (χ4v) is 2.20. The van der Waals surface area contributed by atoms with E-state index in [4.69, 9.17) is 4.74 Å². The van der Waals surface area contributed by atoms with Crippen molar-refractivity contribution >= 4 is 0 Å². The standard InChI is InChI=1S/C16H22N2O/c1-4-18-10-9-14(12-18)11-17-13(2)15-7-5-6-8-16(15)19-3/h5-10,12-13,17H,4,11H2,1-3H3. The number of aryl methyl sites for hydroxylation is 1.